The Morgan fingerprint density at radius 2 is 2.35 bits per heavy atom. The molecule has 2 aliphatic rings. The van der Waals surface area contributed by atoms with Gasteiger partial charge in [0.05, 0.1) is 19.3 Å². The maximum atomic E-state index is 11.6. The molecule has 1 saturated heterocycles. The number of aliphatic hydroxyl groups excluding tert-OH is 1. The molecule has 7 nitrogen and oxygen atoms in total. The summed E-state index contributed by atoms with van der Waals surface area (Å²) >= 11 is 0. The summed E-state index contributed by atoms with van der Waals surface area (Å²) in [5, 5.41) is 19.6. The fourth-order valence-electron chi connectivity index (χ4n) is 2.10. The van der Waals surface area contributed by atoms with Crippen molar-refractivity contribution >= 4 is 17.5 Å². The molecule has 0 aromatic rings. The third-order valence-corrected chi connectivity index (χ3v) is 2.96. The summed E-state index contributed by atoms with van der Waals surface area (Å²) < 4.78 is 5.31. The van der Waals surface area contributed by atoms with Crippen LogP contribution in [0.5, 0.6) is 0 Å². The number of hydrogen-bond donors (Lipinski definition) is 1. The van der Waals surface area contributed by atoms with Gasteiger partial charge in [-0.05, 0) is 0 Å². The zero-order chi connectivity index (χ0) is 13.8. The van der Waals surface area contributed by atoms with Gasteiger partial charge in [0.1, 0.15) is 5.82 Å². The van der Waals surface area contributed by atoms with Crippen molar-refractivity contribution in [1.82, 2.24) is 4.90 Å². The van der Waals surface area contributed by atoms with Crippen LogP contribution in [0.3, 0.4) is 0 Å². The predicted octanol–water partition coefficient (Wildman–Crippen LogP) is -4.92. The molecule has 1 fully saturated rings. The summed E-state index contributed by atoms with van der Waals surface area (Å²) in [7, 11) is 0. The summed E-state index contributed by atoms with van der Waals surface area (Å²) in [5.41, 5.74) is 0.301. The van der Waals surface area contributed by atoms with Gasteiger partial charge in [-0.25, -0.2) is 4.99 Å². The van der Waals surface area contributed by atoms with E-state index in [4.69, 9.17) is 9.84 Å². The van der Waals surface area contributed by atoms with Crippen molar-refractivity contribution in [3.8, 4) is 0 Å². The van der Waals surface area contributed by atoms with Gasteiger partial charge in [0, 0.05) is 43.7 Å². The third kappa shape index (κ3) is 4.68. The number of carboxylic acids is 1. The molecule has 2 heterocycles. The number of carbonyl (C=O) groups excluding carboxylic acids is 2. The van der Waals surface area contributed by atoms with Crippen molar-refractivity contribution < 1.29 is 54.1 Å². The average Bonchev–Trinajstić information content (AvgIpc) is 2.37. The molecular weight excluding hydrogens is 275 g/mol. The normalized spacial score (nSPS) is 22.8. The van der Waals surface area contributed by atoms with Gasteiger partial charge in [-0.1, -0.05) is 0 Å². The first-order valence-electron chi connectivity index (χ1n) is 6.06. The summed E-state index contributed by atoms with van der Waals surface area (Å²) in [5.74, 6) is -0.981. The molecule has 0 saturated carbocycles. The number of allylic oxidation sites excluding steroid dienone is 1. The van der Waals surface area contributed by atoms with Crippen LogP contribution in [-0.2, 0) is 14.3 Å². The van der Waals surface area contributed by atoms with Gasteiger partial charge in [0.15, 0.2) is 5.78 Å². The maximum absolute atomic E-state index is 11.6. The van der Waals surface area contributed by atoms with Crippen molar-refractivity contribution in [2.24, 2.45) is 4.99 Å². The van der Waals surface area contributed by atoms with E-state index in [1.54, 1.807) is 0 Å². The first-order chi connectivity index (χ1) is 9.08. The smallest absolute Gasteiger partial charge is 0.550 e. The van der Waals surface area contributed by atoms with E-state index >= 15 is 0 Å². The van der Waals surface area contributed by atoms with Gasteiger partial charge < -0.3 is 24.6 Å². The fourth-order valence-corrected chi connectivity index (χ4v) is 2.10. The number of ether oxygens (including phenoxy) is 1. The van der Waals surface area contributed by atoms with E-state index in [1.165, 1.54) is 6.08 Å². The van der Waals surface area contributed by atoms with E-state index in [0.717, 1.165) is 0 Å². The minimum atomic E-state index is -1.25. The van der Waals surface area contributed by atoms with Gasteiger partial charge in [-0.2, -0.15) is 0 Å². The zero-order valence-corrected chi connectivity index (χ0v) is 13.4. The molecule has 104 valence electrons. The number of nitrogens with zero attached hydrogens (tertiary/aromatic N) is 2. The average molecular weight is 290 g/mol. The van der Waals surface area contributed by atoms with Crippen LogP contribution in [0, 0.1) is 0 Å². The molecular formula is C12H15N2NaO5. The fraction of sp³-hybridized carbons (Fsp3) is 0.583. The Morgan fingerprint density at radius 3 is 3.00 bits per heavy atom. The summed E-state index contributed by atoms with van der Waals surface area (Å²) in [6, 6.07) is 0. The van der Waals surface area contributed by atoms with Crippen molar-refractivity contribution in [2.75, 3.05) is 26.3 Å². The molecule has 0 radical (unpaired) electrons. The Balaban J connectivity index is 0.00000200. The molecule has 8 heteroatoms. The number of aliphatic imine (C=N–C) groups is 1. The number of ketones is 1. The second kappa shape index (κ2) is 7.90. The zero-order valence-electron chi connectivity index (χ0n) is 11.4. The number of aliphatic carboxylic acids is 1. The van der Waals surface area contributed by atoms with Crippen LogP contribution in [0.1, 0.15) is 12.8 Å². The SMILES string of the molecule is O=C([O-])CC1=NC(N2CCOC(CO)C2)=CC(=O)C1.[Na+]. The number of carboxylic acid groups (broad SMARTS) is 1. The Kier molecular flexibility index (Phi) is 6.84. The van der Waals surface area contributed by atoms with Crippen molar-refractivity contribution in [2.45, 2.75) is 18.9 Å². The molecule has 2 aliphatic heterocycles. The van der Waals surface area contributed by atoms with E-state index in [0.29, 0.717) is 31.2 Å². The van der Waals surface area contributed by atoms with E-state index in [-0.39, 0.29) is 60.9 Å². The Bertz CT molecular complexity index is 449. The van der Waals surface area contributed by atoms with E-state index in [1.807, 2.05) is 4.90 Å². The van der Waals surface area contributed by atoms with Crippen molar-refractivity contribution in [3.05, 3.63) is 11.9 Å². The predicted molar refractivity (Wildman–Crippen MR) is 63.2 cm³/mol. The number of carbonyl (C=O) groups is 2. The minimum absolute atomic E-state index is 0. The molecule has 0 aromatic heterocycles. The quantitative estimate of drug-likeness (QED) is 0.521. The molecule has 0 amide bonds. The molecule has 0 aliphatic carbocycles. The Morgan fingerprint density at radius 1 is 1.60 bits per heavy atom. The molecule has 0 aromatic carbocycles. The van der Waals surface area contributed by atoms with Crippen LogP contribution in [-0.4, -0.2) is 59.9 Å². The second-order valence-corrected chi connectivity index (χ2v) is 4.49. The van der Waals surface area contributed by atoms with Crippen LogP contribution < -0.4 is 34.7 Å². The van der Waals surface area contributed by atoms with Gasteiger partial charge in [-0.15, -0.1) is 0 Å². The molecule has 1 atom stereocenters. The van der Waals surface area contributed by atoms with Gasteiger partial charge in [0.25, 0.3) is 0 Å². The standard InChI is InChI=1S/C12H16N2O5.Na/c15-7-10-6-14(1-2-19-10)11-5-9(16)3-8(13-11)4-12(17)18;/h5,10,15H,1-4,6-7H2,(H,17,18);/q;+1/p-1. The van der Waals surface area contributed by atoms with E-state index in [2.05, 4.69) is 4.99 Å². The van der Waals surface area contributed by atoms with Gasteiger partial charge in [0.2, 0.25) is 0 Å². The number of hydrogen-bond acceptors (Lipinski definition) is 7. The van der Waals surface area contributed by atoms with Crippen LogP contribution >= 0.6 is 0 Å². The summed E-state index contributed by atoms with van der Waals surface area (Å²) in [4.78, 5) is 28.2. The van der Waals surface area contributed by atoms with Crippen LogP contribution in [0.25, 0.3) is 0 Å². The largest absolute Gasteiger partial charge is 1.00 e. The number of rotatable bonds is 4. The van der Waals surface area contributed by atoms with Gasteiger partial charge in [-0.3, -0.25) is 4.79 Å². The Hall–Kier alpha value is -0.730. The van der Waals surface area contributed by atoms with Crippen molar-refractivity contribution in [1.29, 1.82) is 0 Å². The van der Waals surface area contributed by atoms with Crippen molar-refractivity contribution in [3.63, 3.8) is 0 Å². The second-order valence-electron chi connectivity index (χ2n) is 4.49. The van der Waals surface area contributed by atoms with Crippen LogP contribution in [0.15, 0.2) is 16.9 Å². The molecule has 1 unspecified atom stereocenters. The van der Waals surface area contributed by atoms with Crippen LogP contribution in [0.2, 0.25) is 0 Å². The maximum Gasteiger partial charge on any atom is 1.00 e. The number of aliphatic hydroxyl groups is 1. The van der Waals surface area contributed by atoms with E-state index < -0.39 is 5.97 Å². The molecule has 2 rings (SSSR count). The molecule has 20 heavy (non-hydrogen) atoms. The van der Waals surface area contributed by atoms with E-state index in [9.17, 15) is 14.7 Å². The monoisotopic (exact) mass is 290 g/mol. The summed E-state index contributed by atoms with van der Waals surface area (Å²) in [6.45, 7) is 1.31. The summed E-state index contributed by atoms with van der Waals surface area (Å²) in [6.07, 6.45) is 0.771. The molecule has 0 spiro atoms. The first-order valence-corrected chi connectivity index (χ1v) is 6.06. The Labute approximate surface area is 138 Å². The number of morpholine rings is 1. The van der Waals surface area contributed by atoms with Crippen LogP contribution in [0.4, 0.5) is 0 Å². The molecule has 0 bridgehead atoms. The third-order valence-electron chi connectivity index (χ3n) is 2.96. The first kappa shape index (κ1) is 17.3. The minimum Gasteiger partial charge on any atom is -0.550 e. The topological polar surface area (TPSA) is 102 Å². The molecule has 1 N–H and O–H groups in total. The van der Waals surface area contributed by atoms with Gasteiger partial charge >= 0.3 is 29.6 Å².